The van der Waals surface area contributed by atoms with Gasteiger partial charge in [0.2, 0.25) is 0 Å². The Morgan fingerprint density at radius 3 is 1.95 bits per heavy atom. The minimum absolute atomic E-state index is 0.375. The summed E-state index contributed by atoms with van der Waals surface area (Å²) >= 11 is 3.41. The smallest absolute Gasteiger partial charge is 0.137 e. The molecule has 2 heteroatoms. The maximum atomic E-state index is 11.9. The minimum atomic E-state index is 0.375. The SMILES string of the molecule is CCCCCCCCCCCC(=O)Cc1ccc(Br)cc1. The molecule has 0 radical (unpaired) electrons. The highest BCUT2D eigenvalue weighted by Crippen LogP contribution is 2.13. The molecule has 0 saturated carbocycles. The zero-order chi connectivity index (χ0) is 15.3. The zero-order valence-electron chi connectivity index (χ0n) is 13.4. The maximum Gasteiger partial charge on any atom is 0.137 e. The highest BCUT2D eigenvalue weighted by atomic mass is 79.9. The quantitative estimate of drug-likeness (QED) is 0.393. The first-order chi connectivity index (χ1) is 10.2. The van der Waals surface area contributed by atoms with E-state index in [2.05, 4.69) is 22.9 Å². The lowest BCUT2D eigenvalue weighted by atomic mass is 10.0. The first-order valence-corrected chi connectivity index (χ1v) is 9.28. The Morgan fingerprint density at radius 2 is 1.38 bits per heavy atom. The Balaban J connectivity index is 1.97. The third kappa shape index (κ3) is 9.84. The highest BCUT2D eigenvalue weighted by Gasteiger charge is 2.03. The number of ketones is 1. The number of carbonyl (C=O) groups is 1. The molecule has 1 rings (SSSR count). The van der Waals surface area contributed by atoms with Gasteiger partial charge in [0, 0.05) is 17.3 Å². The Bertz CT molecular complexity index is 383. The van der Waals surface area contributed by atoms with Crippen LogP contribution in [0.15, 0.2) is 28.7 Å². The molecule has 1 nitrogen and oxygen atoms in total. The van der Waals surface area contributed by atoms with E-state index in [4.69, 9.17) is 0 Å². The van der Waals surface area contributed by atoms with Crippen LogP contribution in [-0.2, 0) is 11.2 Å². The van der Waals surface area contributed by atoms with Crippen LogP contribution in [-0.4, -0.2) is 5.78 Å². The standard InChI is InChI=1S/C19H29BrO/c1-2-3-4-5-6-7-8-9-10-11-19(21)16-17-12-14-18(20)15-13-17/h12-15H,2-11,16H2,1H3. The Labute approximate surface area is 138 Å². The Hall–Kier alpha value is -0.630. The second-order valence-corrected chi connectivity index (χ2v) is 6.84. The molecule has 0 atom stereocenters. The van der Waals surface area contributed by atoms with Gasteiger partial charge in [0.15, 0.2) is 0 Å². The Kier molecular flexibility index (Phi) is 10.5. The number of halogens is 1. The van der Waals surface area contributed by atoms with Gasteiger partial charge in [-0.3, -0.25) is 4.79 Å². The summed E-state index contributed by atoms with van der Waals surface area (Å²) in [6.45, 7) is 2.26. The number of benzene rings is 1. The van der Waals surface area contributed by atoms with Crippen LogP contribution < -0.4 is 0 Å². The van der Waals surface area contributed by atoms with E-state index in [1.54, 1.807) is 0 Å². The molecule has 0 heterocycles. The van der Waals surface area contributed by atoms with Gasteiger partial charge < -0.3 is 0 Å². The number of Topliss-reactive ketones (excluding diaryl/α,β-unsaturated/α-hetero) is 1. The van der Waals surface area contributed by atoms with Gasteiger partial charge in [0.05, 0.1) is 0 Å². The summed E-state index contributed by atoms with van der Waals surface area (Å²) in [5.74, 6) is 0.375. The predicted molar refractivity (Wildman–Crippen MR) is 94.7 cm³/mol. The monoisotopic (exact) mass is 352 g/mol. The second kappa shape index (κ2) is 12.0. The molecule has 0 aliphatic carbocycles. The molecular weight excluding hydrogens is 324 g/mol. The second-order valence-electron chi connectivity index (χ2n) is 5.92. The van der Waals surface area contributed by atoms with E-state index < -0.39 is 0 Å². The molecule has 0 aliphatic rings. The van der Waals surface area contributed by atoms with E-state index in [9.17, 15) is 4.79 Å². The van der Waals surface area contributed by atoms with E-state index in [1.165, 1.54) is 51.4 Å². The number of carbonyl (C=O) groups excluding carboxylic acids is 1. The lowest BCUT2D eigenvalue weighted by molar-refractivity contribution is -0.118. The van der Waals surface area contributed by atoms with Gasteiger partial charge in [0.1, 0.15) is 5.78 Å². The Morgan fingerprint density at radius 1 is 0.857 bits per heavy atom. The van der Waals surface area contributed by atoms with Crippen LogP contribution >= 0.6 is 15.9 Å². The van der Waals surface area contributed by atoms with Crippen LogP contribution in [0.5, 0.6) is 0 Å². The van der Waals surface area contributed by atoms with Crippen LogP contribution in [0.1, 0.15) is 76.7 Å². The first-order valence-electron chi connectivity index (χ1n) is 8.48. The summed E-state index contributed by atoms with van der Waals surface area (Å²) in [6, 6.07) is 8.05. The van der Waals surface area contributed by atoms with Gasteiger partial charge in [-0.15, -0.1) is 0 Å². The summed E-state index contributed by atoms with van der Waals surface area (Å²) in [4.78, 5) is 11.9. The number of rotatable bonds is 12. The molecule has 118 valence electrons. The van der Waals surface area contributed by atoms with E-state index in [0.29, 0.717) is 12.2 Å². The summed E-state index contributed by atoms with van der Waals surface area (Å²) in [6.07, 6.45) is 13.1. The van der Waals surface area contributed by atoms with Crippen molar-refractivity contribution in [3.8, 4) is 0 Å². The molecule has 21 heavy (non-hydrogen) atoms. The minimum Gasteiger partial charge on any atom is -0.299 e. The topological polar surface area (TPSA) is 17.1 Å². The van der Waals surface area contributed by atoms with Crippen LogP contribution in [0.4, 0.5) is 0 Å². The lowest BCUT2D eigenvalue weighted by Gasteiger charge is -2.03. The van der Waals surface area contributed by atoms with Gasteiger partial charge in [-0.05, 0) is 24.1 Å². The maximum absolute atomic E-state index is 11.9. The van der Waals surface area contributed by atoms with E-state index in [0.717, 1.165) is 22.9 Å². The van der Waals surface area contributed by atoms with Crippen molar-refractivity contribution in [2.75, 3.05) is 0 Å². The van der Waals surface area contributed by atoms with Gasteiger partial charge in [0.25, 0.3) is 0 Å². The van der Waals surface area contributed by atoms with E-state index >= 15 is 0 Å². The lowest BCUT2D eigenvalue weighted by Crippen LogP contribution is -2.02. The van der Waals surface area contributed by atoms with Gasteiger partial charge in [-0.25, -0.2) is 0 Å². The fraction of sp³-hybridized carbons (Fsp3) is 0.632. The third-order valence-electron chi connectivity index (χ3n) is 3.87. The van der Waals surface area contributed by atoms with Crippen LogP contribution in [0, 0.1) is 0 Å². The third-order valence-corrected chi connectivity index (χ3v) is 4.40. The van der Waals surface area contributed by atoms with Crippen molar-refractivity contribution in [3.05, 3.63) is 34.3 Å². The fourth-order valence-corrected chi connectivity index (χ4v) is 2.82. The fourth-order valence-electron chi connectivity index (χ4n) is 2.55. The van der Waals surface area contributed by atoms with Crippen molar-refractivity contribution >= 4 is 21.7 Å². The zero-order valence-corrected chi connectivity index (χ0v) is 15.0. The van der Waals surface area contributed by atoms with Crippen LogP contribution in [0.3, 0.4) is 0 Å². The molecule has 0 unspecified atom stereocenters. The van der Waals surface area contributed by atoms with Crippen molar-refractivity contribution in [2.45, 2.75) is 77.6 Å². The van der Waals surface area contributed by atoms with Gasteiger partial charge in [-0.1, -0.05) is 86.4 Å². The molecule has 0 fully saturated rings. The molecule has 0 spiro atoms. The summed E-state index contributed by atoms with van der Waals surface area (Å²) in [5, 5.41) is 0. The van der Waals surface area contributed by atoms with Gasteiger partial charge >= 0.3 is 0 Å². The average Bonchev–Trinajstić information content (AvgIpc) is 2.48. The van der Waals surface area contributed by atoms with Crippen molar-refractivity contribution in [1.29, 1.82) is 0 Å². The molecule has 0 bridgehead atoms. The van der Waals surface area contributed by atoms with E-state index in [-0.39, 0.29) is 0 Å². The molecule has 1 aromatic carbocycles. The largest absolute Gasteiger partial charge is 0.299 e. The number of hydrogen-bond donors (Lipinski definition) is 0. The molecule has 0 amide bonds. The number of hydrogen-bond acceptors (Lipinski definition) is 1. The summed E-state index contributed by atoms with van der Waals surface area (Å²) < 4.78 is 1.07. The molecular formula is C19H29BrO. The van der Waals surface area contributed by atoms with Crippen molar-refractivity contribution in [2.24, 2.45) is 0 Å². The highest BCUT2D eigenvalue weighted by molar-refractivity contribution is 9.10. The first kappa shape index (κ1) is 18.4. The molecule has 0 N–H and O–H groups in total. The van der Waals surface area contributed by atoms with Gasteiger partial charge in [-0.2, -0.15) is 0 Å². The van der Waals surface area contributed by atoms with Crippen molar-refractivity contribution in [3.63, 3.8) is 0 Å². The molecule has 0 aliphatic heterocycles. The van der Waals surface area contributed by atoms with Crippen molar-refractivity contribution in [1.82, 2.24) is 0 Å². The predicted octanol–water partition coefficient (Wildman–Crippen LogP) is 6.48. The normalized spacial score (nSPS) is 10.8. The van der Waals surface area contributed by atoms with E-state index in [1.807, 2.05) is 24.3 Å². The summed E-state index contributed by atoms with van der Waals surface area (Å²) in [5.41, 5.74) is 1.12. The number of unbranched alkanes of at least 4 members (excludes halogenated alkanes) is 8. The van der Waals surface area contributed by atoms with Crippen LogP contribution in [0.2, 0.25) is 0 Å². The summed E-state index contributed by atoms with van der Waals surface area (Å²) in [7, 11) is 0. The molecule has 0 saturated heterocycles. The molecule has 1 aromatic rings. The average molecular weight is 353 g/mol. The molecule has 0 aromatic heterocycles. The van der Waals surface area contributed by atoms with Crippen LogP contribution in [0.25, 0.3) is 0 Å². The van der Waals surface area contributed by atoms with Crippen molar-refractivity contribution < 1.29 is 4.79 Å².